The topological polar surface area (TPSA) is 58.2 Å². The van der Waals surface area contributed by atoms with Crippen molar-refractivity contribution in [1.82, 2.24) is 5.32 Å². The zero-order valence-corrected chi connectivity index (χ0v) is 13.3. The second-order valence-corrected chi connectivity index (χ2v) is 7.37. The van der Waals surface area contributed by atoms with Crippen molar-refractivity contribution in [2.75, 3.05) is 24.1 Å². The first-order chi connectivity index (χ1) is 8.99. The van der Waals surface area contributed by atoms with E-state index in [0.29, 0.717) is 12.2 Å². The van der Waals surface area contributed by atoms with Crippen LogP contribution in [0, 0.1) is 0 Å². The van der Waals surface area contributed by atoms with E-state index in [0.717, 1.165) is 17.9 Å². The van der Waals surface area contributed by atoms with Gasteiger partial charge in [0.25, 0.3) is 0 Å². The smallest absolute Gasteiger partial charge is 0.236 e. The summed E-state index contributed by atoms with van der Waals surface area (Å²) in [6.45, 7) is 5.06. The molecular weight excluding hydrogens is 280 g/mol. The van der Waals surface area contributed by atoms with E-state index in [4.69, 9.17) is 0 Å². The second kappa shape index (κ2) is 7.77. The highest BCUT2D eigenvalue weighted by Crippen LogP contribution is 2.20. The van der Waals surface area contributed by atoms with E-state index in [1.807, 2.05) is 24.5 Å². The number of thioether (sulfide) groups is 1. The van der Waals surface area contributed by atoms with Gasteiger partial charge in [-0.05, 0) is 44.3 Å². The van der Waals surface area contributed by atoms with Crippen molar-refractivity contribution in [1.29, 1.82) is 0 Å². The standard InChI is InChI=1S/C13H22N2O2S2/c1-4-8-14-10-11(2)19(16,17)15-12-6-5-7-13(9-12)18-3/h5-7,9,11,14-15H,4,8,10H2,1-3H3. The maximum Gasteiger partial charge on any atom is 0.236 e. The first kappa shape index (κ1) is 16.3. The summed E-state index contributed by atoms with van der Waals surface area (Å²) in [5, 5.41) is 2.66. The summed E-state index contributed by atoms with van der Waals surface area (Å²) in [7, 11) is -3.34. The average Bonchev–Trinajstić information content (AvgIpc) is 2.38. The molecule has 0 amide bonds. The highest BCUT2D eigenvalue weighted by molar-refractivity contribution is 7.98. The molecular formula is C13H22N2O2S2. The molecule has 0 saturated heterocycles. The van der Waals surface area contributed by atoms with Crippen LogP contribution in [0.15, 0.2) is 29.2 Å². The molecule has 0 radical (unpaired) electrons. The Kier molecular flexibility index (Phi) is 6.68. The van der Waals surface area contributed by atoms with Crippen LogP contribution in [0.25, 0.3) is 0 Å². The number of hydrogen-bond acceptors (Lipinski definition) is 4. The van der Waals surface area contributed by atoms with Gasteiger partial charge in [-0.2, -0.15) is 0 Å². The minimum absolute atomic E-state index is 0.461. The van der Waals surface area contributed by atoms with Crippen LogP contribution in [-0.2, 0) is 10.0 Å². The van der Waals surface area contributed by atoms with Gasteiger partial charge in [-0.3, -0.25) is 4.72 Å². The van der Waals surface area contributed by atoms with Crippen molar-refractivity contribution in [3.05, 3.63) is 24.3 Å². The van der Waals surface area contributed by atoms with Gasteiger partial charge in [0.15, 0.2) is 0 Å². The summed E-state index contributed by atoms with van der Waals surface area (Å²) in [6, 6.07) is 7.41. The average molecular weight is 302 g/mol. The number of sulfonamides is 1. The van der Waals surface area contributed by atoms with Crippen LogP contribution in [-0.4, -0.2) is 33.0 Å². The molecule has 6 heteroatoms. The largest absolute Gasteiger partial charge is 0.315 e. The maximum atomic E-state index is 12.1. The molecule has 2 N–H and O–H groups in total. The van der Waals surface area contributed by atoms with E-state index in [2.05, 4.69) is 17.0 Å². The summed E-state index contributed by atoms with van der Waals surface area (Å²) in [6.07, 6.45) is 2.96. The Bertz CT molecular complexity index is 489. The first-order valence-electron chi connectivity index (χ1n) is 6.36. The molecule has 1 aromatic carbocycles. The molecule has 0 aliphatic heterocycles. The van der Waals surface area contributed by atoms with Gasteiger partial charge in [0, 0.05) is 17.1 Å². The van der Waals surface area contributed by atoms with E-state index in [-0.39, 0.29) is 0 Å². The van der Waals surface area contributed by atoms with Gasteiger partial charge >= 0.3 is 0 Å². The minimum Gasteiger partial charge on any atom is -0.315 e. The highest BCUT2D eigenvalue weighted by Gasteiger charge is 2.20. The Balaban J connectivity index is 2.67. The van der Waals surface area contributed by atoms with Crippen LogP contribution in [0.5, 0.6) is 0 Å². The third-order valence-corrected chi connectivity index (χ3v) is 5.19. The molecule has 0 aromatic heterocycles. The summed E-state index contributed by atoms with van der Waals surface area (Å²) < 4.78 is 26.9. The normalized spacial score (nSPS) is 13.2. The lowest BCUT2D eigenvalue weighted by Gasteiger charge is -2.15. The minimum atomic E-state index is -3.34. The summed E-state index contributed by atoms with van der Waals surface area (Å²) in [4.78, 5) is 1.04. The molecule has 108 valence electrons. The molecule has 4 nitrogen and oxygen atoms in total. The highest BCUT2D eigenvalue weighted by atomic mass is 32.2. The maximum absolute atomic E-state index is 12.1. The van der Waals surface area contributed by atoms with E-state index >= 15 is 0 Å². The van der Waals surface area contributed by atoms with Gasteiger partial charge in [-0.25, -0.2) is 8.42 Å². The molecule has 0 aliphatic rings. The first-order valence-corrected chi connectivity index (χ1v) is 9.13. The Morgan fingerprint density at radius 1 is 1.37 bits per heavy atom. The SMILES string of the molecule is CCCNCC(C)S(=O)(=O)Nc1cccc(SC)c1. The van der Waals surface area contributed by atoms with E-state index in [1.54, 1.807) is 24.8 Å². The molecule has 1 aromatic rings. The van der Waals surface area contributed by atoms with Crippen molar-refractivity contribution < 1.29 is 8.42 Å². The molecule has 1 atom stereocenters. The molecule has 0 bridgehead atoms. The summed E-state index contributed by atoms with van der Waals surface area (Å²) in [5.41, 5.74) is 0.620. The van der Waals surface area contributed by atoms with Crippen LogP contribution in [0.3, 0.4) is 0 Å². The third-order valence-electron chi connectivity index (χ3n) is 2.72. The molecule has 19 heavy (non-hydrogen) atoms. The molecule has 0 fully saturated rings. The van der Waals surface area contributed by atoms with Crippen molar-refractivity contribution in [3.8, 4) is 0 Å². The quantitative estimate of drug-likeness (QED) is 0.572. The van der Waals surface area contributed by atoms with E-state index in [1.165, 1.54) is 0 Å². The van der Waals surface area contributed by atoms with Crippen LogP contribution in [0.2, 0.25) is 0 Å². The molecule has 0 heterocycles. The lowest BCUT2D eigenvalue weighted by Crippen LogP contribution is -2.35. The molecule has 0 saturated carbocycles. The third kappa shape index (κ3) is 5.42. The van der Waals surface area contributed by atoms with Crippen LogP contribution < -0.4 is 10.0 Å². The Labute approximate surface area is 120 Å². The van der Waals surface area contributed by atoms with Gasteiger partial charge in [0.1, 0.15) is 0 Å². The van der Waals surface area contributed by atoms with Crippen LogP contribution in [0.4, 0.5) is 5.69 Å². The molecule has 1 unspecified atom stereocenters. The van der Waals surface area contributed by atoms with E-state index in [9.17, 15) is 8.42 Å². The van der Waals surface area contributed by atoms with Crippen molar-refractivity contribution in [2.24, 2.45) is 0 Å². The lowest BCUT2D eigenvalue weighted by atomic mass is 10.3. The fourth-order valence-electron chi connectivity index (χ4n) is 1.54. The number of rotatable bonds is 8. The summed E-state index contributed by atoms with van der Waals surface area (Å²) in [5.74, 6) is 0. The van der Waals surface area contributed by atoms with Gasteiger partial charge in [0.2, 0.25) is 10.0 Å². The number of hydrogen-bond donors (Lipinski definition) is 2. The molecule has 0 aliphatic carbocycles. The van der Waals surface area contributed by atoms with Gasteiger partial charge in [-0.1, -0.05) is 13.0 Å². The zero-order chi connectivity index (χ0) is 14.3. The Morgan fingerprint density at radius 3 is 2.74 bits per heavy atom. The molecule has 0 spiro atoms. The van der Waals surface area contributed by atoms with Gasteiger partial charge in [0.05, 0.1) is 5.25 Å². The lowest BCUT2D eigenvalue weighted by molar-refractivity contribution is 0.576. The van der Waals surface area contributed by atoms with Crippen molar-refractivity contribution >= 4 is 27.5 Å². The second-order valence-electron chi connectivity index (χ2n) is 4.39. The predicted molar refractivity (Wildman–Crippen MR) is 83.4 cm³/mol. The predicted octanol–water partition coefficient (Wildman–Crippen LogP) is 2.54. The number of benzene rings is 1. The number of nitrogens with one attached hydrogen (secondary N) is 2. The fraction of sp³-hybridized carbons (Fsp3) is 0.538. The molecule has 1 rings (SSSR count). The monoisotopic (exact) mass is 302 g/mol. The van der Waals surface area contributed by atoms with Gasteiger partial charge < -0.3 is 5.32 Å². The Hall–Kier alpha value is -0.720. The Morgan fingerprint density at radius 2 is 2.11 bits per heavy atom. The van der Waals surface area contributed by atoms with Crippen molar-refractivity contribution in [2.45, 2.75) is 30.4 Å². The van der Waals surface area contributed by atoms with E-state index < -0.39 is 15.3 Å². The zero-order valence-electron chi connectivity index (χ0n) is 11.6. The van der Waals surface area contributed by atoms with Crippen LogP contribution >= 0.6 is 11.8 Å². The van der Waals surface area contributed by atoms with Crippen molar-refractivity contribution in [3.63, 3.8) is 0 Å². The summed E-state index contributed by atoms with van der Waals surface area (Å²) >= 11 is 1.59. The van der Waals surface area contributed by atoms with Crippen LogP contribution in [0.1, 0.15) is 20.3 Å². The van der Waals surface area contributed by atoms with Gasteiger partial charge in [-0.15, -0.1) is 11.8 Å². The number of anilines is 1. The fourth-order valence-corrected chi connectivity index (χ4v) is 3.00.